The summed E-state index contributed by atoms with van der Waals surface area (Å²) in [6.07, 6.45) is 0. The number of hydrogen-bond donors (Lipinski definition) is 2. The smallest absolute Gasteiger partial charge is 0.252 e. The Morgan fingerprint density at radius 2 is 1.76 bits per heavy atom. The Morgan fingerprint density at radius 3 is 2.38 bits per heavy atom. The summed E-state index contributed by atoms with van der Waals surface area (Å²) >= 11 is 6.77. The summed E-state index contributed by atoms with van der Waals surface area (Å²) in [5.41, 5.74) is 8.93. The molecule has 0 aromatic heterocycles. The van der Waals surface area contributed by atoms with Crippen molar-refractivity contribution in [3.05, 3.63) is 62.0 Å². The molecule has 1 atom stereocenters. The number of halogens is 2. The Bertz CT molecular complexity index is 669. The molecule has 0 aliphatic heterocycles. The van der Waals surface area contributed by atoms with E-state index in [2.05, 4.69) is 37.2 Å². The van der Waals surface area contributed by atoms with E-state index >= 15 is 0 Å². The molecule has 2 aromatic carbocycles. The van der Waals surface area contributed by atoms with Gasteiger partial charge in [-0.15, -0.1) is 0 Å². The summed E-state index contributed by atoms with van der Waals surface area (Å²) < 4.78 is 1.81. The summed E-state index contributed by atoms with van der Waals surface area (Å²) in [7, 11) is 0. The van der Waals surface area contributed by atoms with Crippen LogP contribution in [0.25, 0.3) is 0 Å². The second kappa shape index (κ2) is 6.62. The fraction of sp³-hybridized carbons (Fsp3) is 0.188. The minimum atomic E-state index is -0.129. The molecule has 110 valence electrons. The highest BCUT2D eigenvalue weighted by Gasteiger charge is 2.15. The summed E-state index contributed by atoms with van der Waals surface area (Å²) in [6, 6.07) is 11.4. The third-order valence-corrected chi connectivity index (χ3v) is 4.36. The molecule has 0 fully saturated rings. The van der Waals surface area contributed by atoms with Crippen molar-refractivity contribution in [2.45, 2.75) is 19.9 Å². The Kier molecular flexibility index (Phi) is 5.06. The highest BCUT2D eigenvalue weighted by Crippen LogP contribution is 2.24. The molecule has 2 rings (SSSR count). The van der Waals surface area contributed by atoms with Gasteiger partial charge in [0.25, 0.3) is 5.91 Å². The molecule has 21 heavy (non-hydrogen) atoms. The van der Waals surface area contributed by atoms with Gasteiger partial charge in [0.2, 0.25) is 0 Å². The van der Waals surface area contributed by atoms with Crippen LogP contribution in [0.2, 0.25) is 0 Å². The van der Waals surface area contributed by atoms with E-state index in [-0.39, 0.29) is 11.9 Å². The van der Waals surface area contributed by atoms with E-state index in [0.29, 0.717) is 11.3 Å². The van der Waals surface area contributed by atoms with E-state index in [0.717, 1.165) is 20.1 Å². The normalized spacial score (nSPS) is 12.0. The van der Waals surface area contributed by atoms with Crippen LogP contribution in [-0.4, -0.2) is 5.91 Å². The monoisotopic (exact) mass is 410 g/mol. The number of anilines is 1. The molecule has 0 heterocycles. The lowest BCUT2D eigenvalue weighted by Crippen LogP contribution is -2.27. The Hall–Kier alpha value is -1.33. The van der Waals surface area contributed by atoms with E-state index in [1.807, 2.05) is 38.1 Å². The Labute approximate surface area is 141 Å². The largest absolute Gasteiger partial charge is 0.398 e. The fourth-order valence-electron chi connectivity index (χ4n) is 2.05. The van der Waals surface area contributed by atoms with Gasteiger partial charge in [-0.1, -0.05) is 44.0 Å². The molecule has 3 nitrogen and oxygen atoms in total. The first-order valence-corrected chi connectivity index (χ1v) is 8.09. The first-order chi connectivity index (χ1) is 9.88. The van der Waals surface area contributed by atoms with Crippen LogP contribution in [0.15, 0.2) is 45.3 Å². The van der Waals surface area contributed by atoms with Gasteiger partial charge >= 0.3 is 0 Å². The van der Waals surface area contributed by atoms with Crippen molar-refractivity contribution >= 4 is 43.5 Å². The van der Waals surface area contributed by atoms with Crippen LogP contribution >= 0.6 is 31.9 Å². The maximum Gasteiger partial charge on any atom is 0.252 e. The summed E-state index contributed by atoms with van der Waals surface area (Å²) in [6.45, 7) is 3.80. The molecule has 0 radical (unpaired) electrons. The van der Waals surface area contributed by atoms with Crippen LogP contribution in [0.1, 0.15) is 34.5 Å². The Morgan fingerprint density at radius 1 is 1.14 bits per heavy atom. The number of carbonyl (C=O) groups excluding carboxylic acids is 1. The van der Waals surface area contributed by atoms with Crippen LogP contribution in [0.3, 0.4) is 0 Å². The minimum Gasteiger partial charge on any atom is -0.398 e. The van der Waals surface area contributed by atoms with Crippen molar-refractivity contribution in [3.8, 4) is 0 Å². The van der Waals surface area contributed by atoms with E-state index in [1.54, 1.807) is 12.1 Å². The number of nitrogens with two attached hydrogens (primary N) is 1. The van der Waals surface area contributed by atoms with Gasteiger partial charge in [-0.3, -0.25) is 4.79 Å². The van der Waals surface area contributed by atoms with Crippen LogP contribution < -0.4 is 11.1 Å². The van der Waals surface area contributed by atoms with Gasteiger partial charge in [-0.2, -0.15) is 0 Å². The zero-order chi connectivity index (χ0) is 15.6. The number of rotatable bonds is 3. The number of nitrogens with one attached hydrogen (secondary N) is 1. The van der Waals surface area contributed by atoms with Crippen molar-refractivity contribution < 1.29 is 4.79 Å². The number of benzene rings is 2. The lowest BCUT2D eigenvalue weighted by atomic mass is 10.0. The number of carbonyl (C=O) groups is 1. The third-order valence-electron chi connectivity index (χ3n) is 3.37. The number of hydrogen-bond acceptors (Lipinski definition) is 2. The van der Waals surface area contributed by atoms with Gasteiger partial charge in [0.15, 0.2) is 0 Å². The quantitative estimate of drug-likeness (QED) is 0.725. The molecule has 0 aliphatic carbocycles. The first kappa shape index (κ1) is 16.0. The van der Waals surface area contributed by atoms with Crippen molar-refractivity contribution in [2.75, 3.05) is 5.73 Å². The average Bonchev–Trinajstić information content (AvgIpc) is 2.43. The molecule has 0 aliphatic rings. The van der Waals surface area contributed by atoms with Gasteiger partial charge in [0.05, 0.1) is 6.04 Å². The van der Waals surface area contributed by atoms with Gasteiger partial charge in [0.1, 0.15) is 0 Å². The lowest BCUT2D eigenvalue weighted by Gasteiger charge is -2.16. The minimum absolute atomic E-state index is 0.0785. The molecule has 5 heteroatoms. The fourth-order valence-corrected chi connectivity index (χ4v) is 2.79. The molecule has 0 saturated heterocycles. The standard InChI is InChI=1S/C16H16Br2N2O/c1-9-14(7-13(18)8-15(9)19)16(21)20-10(2)11-3-5-12(17)6-4-11/h3-8,10H,19H2,1-2H3,(H,20,21)/t10-/m1/s1. The second-order valence-corrected chi connectivity index (χ2v) is 6.75. The maximum atomic E-state index is 12.4. The van der Waals surface area contributed by atoms with Crippen LogP contribution in [0.5, 0.6) is 0 Å². The maximum absolute atomic E-state index is 12.4. The van der Waals surface area contributed by atoms with Crippen molar-refractivity contribution in [1.82, 2.24) is 5.32 Å². The summed E-state index contributed by atoms with van der Waals surface area (Å²) in [4.78, 5) is 12.4. The predicted octanol–water partition coefficient (Wildman–Crippen LogP) is 4.59. The van der Waals surface area contributed by atoms with Gasteiger partial charge in [-0.05, 0) is 49.2 Å². The third kappa shape index (κ3) is 3.86. The van der Waals surface area contributed by atoms with E-state index in [1.165, 1.54) is 0 Å². The van der Waals surface area contributed by atoms with Crippen molar-refractivity contribution in [1.29, 1.82) is 0 Å². The second-order valence-electron chi connectivity index (χ2n) is 4.91. The highest BCUT2D eigenvalue weighted by molar-refractivity contribution is 9.10. The van der Waals surface area contributed by atoms with E-state index < -0.39 is 0 Å². The molecule has 1 amide bonds. The predicted molar refractivity (Wildman–Crippen MR) is 93.3 cm³/mol. The molecule has 0 spiro atoms. The number of amides is 1. The summed E-state index contributed by atoms with van der Waals surface area (Å²) in [5, 5.41) is 3.00. The first-order valence-electron chi connectivity index (χ1n) is 6.50. The SMILES string of the molecule is Cc1c(N)cc(Br)cc1C(=O)N[C@H](C)c1ccc(Br)cc1. The van der Waals surface area contributed by atoms with Gasteiger partial charge in [0, 0.05) is 20.2 Å². The molecule has 2 aromatic rings. The molecule has 3 N–H and O–H groups in total. The summed E-state index contributed by atoms with van der Waals surface area (Å²) in [5.74, 6) is -0.129. The zero-order valence-electron chi connectivity index (χ0n) is 11.8. The number of nitrogen functional groups attached to an aromatic ring is 1. The van der Waals surface area contributed by atoms with Crippen molar-refractivity contribution in [2.24, 2.45) is 0 Å². The van der Waals surface area contributed by atoms with E-state index in [4.69, 9.17) is 5.73 Å². The average molecular weight is 412 g/mol. The van der Waals surface area contributed by atoms with Crippen LogP contribution in [-0.2, 0) is 0 Å². The van der Waals surface area contributed by atoms with Crippen LogP contribution in [0.4, 0.5) is 5.69 Å². The molecule has 0 unspecified atom stereocenters. The van der Waals surface area contributed by atoms with Crippen LogP contribution in [0, 0.1) is 6.92 Å². The lowest BCUT2D eigenvalue weighted by molar-refractivity contribution is 0.0939. The highest BCUT2D eigenvalue weighted by atomic mass is 79.9. The zero-order valence-corrected chi connectivity index (χ0v) is 15.0. The molecular weight excluding hydrogens is 396 g/mol. The van der Waals surface area contributed by atoms with E-state index in [9.17, 15) is 4.79 Å². The Balaban J connectivity index is 2.20. The topological polar surface area (TPSA) is 55.1 Å². The molecule has 0 saturated carbocycles. The van der Waals surface area contributed by atoms with Gasteiger partial charge in [-0.25, -0.2) is 0 Å². The molecule has 0 bridgehead atoms. The van der Waals surface area contributed by atoms with Gasteiger partial charge < -0.3 is 11.1 Å². The molecular formula is C16H16Br2N2O. The van der Waals surface area contributed by atoms with Crippen molar-refractivity contribution in [3.63, 3.8) is 0 Å².